The number of rotatable bonds is 10. The number of nitrogens with two attached hydrogens (primary N) is 2. The summed E-state index contributed by atoms with van der Waals surface area (Å²) in [6.07, 6.45) is -1.18. The molecular weight excluding hydrogens is 461 g/mol. The minimum Gasteiger partial charge on any atom is -0.481 e. The van der Waals surface area contributed by atoms with Crippen molar-refractivity contribution < 1.29 is 46.6 Å². The van der Waals surface area contributed by atoms with Crippen molar-refractivity contribution >= 4 is 18.2 Å². The van der Waals surface area contributed by atoms with Crippen molar-refractivity contribution in [1.29, 1.82) is 0 Å². The number of carboxylic acids is 2. The van der Waals surface area contributed by atoms with E-state index in [1.807, 2.05) is 12.1 Å². The molecule has 12 heteroatoms. The lowest BCUT2D eigenvalue weighted by molar-refractivity contribution is -0.156. The zero-order valence-electron chi connectivity index (χ0n) is 17.2. The van der Waals surface area contributed by atoms with E-state index in [2.05, 4.69) is 0 Å². The number of carboxylic acid groups (broad SMARTS) is 2. The standard InChI is InChI=1S/2C9H13NO3.C2HF3O.2CH4/c2*10-6-7(5-9(11)12)4-8-2-1-3-13-8;3-2(4,5)1-6;;/h2*1-3,7H,4-6,10H2,(H,11,12);1H;2*1H4. The minimum absolute atomic E-state index is 0. The van der Waals surface area contributed by atoms with Crippen LogP contribution in [0.4, 0.5) is 13.2 Å². The third-order valence-electron chi connectivity index (χ3n) is 3.87. The minimum atomic E-state index is -4.64. The number of alkyl halides is 3. The molecule has 34 heavy (non-hydrogen) atoms. The van der Waals surface area contributed by atoms with Crippen LogP contribution in [0.5, 0.6) is 0 Å². The Morgan fingerprint density at radius 3 is 1.38 bits per heavy atom. The van der Waals surface area contributed by atoms with Gasteiger partial charge in [0, 0.05) is 25.7 Å². The Kier molecular flexibility index (Phi) is 20.2. The molecule has 0 bridgehead atoms. The van der Waals surface area contributed by atoms with Crippen molar-refractivity contribution in [2.75, 3.05) is 13.1 Å². The molecule has 0 aliphatic carbocycles. The summed E-state index contributed by atoms with van der Waals surface area (Å²) in [4.78, 5) is 29.5. The Balaban J connectivity index is -0.000000439. The molecule has 0 radical (unpaired) electrons. The lowest BCUT2D eigenvalue weighted by Crippen LogP contribution is -2.20. The molecule has 9 nitrogen and oxygen atoms in total. The number of hydrogen-bond acceptors (Lipinski definition) is 7. The molecule has 2 aromatic rings. The van der Waals surface area contributed by atoms with Crippen molar-refractivity contribution in [2.45, 2.75) is 46.7 Å². The van der Waals surface area contributed by atoms with Crippen LogP contribution < -0.4 is 11.5 Å². The van der Waals surface area contributed by atoms with Crippen molar-refractivity contribution in [3.8, 4) is 0 Å². The zero-order valence-corrected chi connectivity index (χ0v) is 17.2. The first-order chi connectivity index (χ1) is 15.0. The highest BCUT2D eigenvalue weighted by Gasteiger charge is 2.24. The maximum Gasteiger partial charge on any atom is 0.446 e. The van der Waals surface area contributed by atoms with E-state index >= 15 is 0 Å². The summed E-state index contributed by atoms with van der Waals surface area (Å²) in [5.74, 6) is -0.135. The molecule has 2 rings (SSSR count). The van der Waals surface area contributed by atoms with Gasteiger partial charge in [-0.1, -0.05) is 14.9 Å². The first-order valence-corrected chi connectivity index (χ1v) is 9.42. The number of aliphatic carboxylic acids is 2. The molecule has 2 heterocycles. The zero-order chi connectivity index (χ0) is 24.6. The van der Waals surface area contributed by atoms with Crippen molar-refractivity contribution in [3.63, 3.8) is 0 Å². The van der Waals surface area contributed by atoms with E-state index in [9.17, 15) is 22.8 Å². The molecule has 2 unspecified atom stereocenters. The van der Waals surface area contributed by atoms with Crippen molar-refractivity contribution in [2.24, 2.45) is 23.3 Å². The summed E-state index contributed by atoms with van der Waals surface area (Å²) in [6.45, 7) is 0.736. The summed E-state index contributed by atoms with van der Waals surface area (Å²) >= 11 is 0. The van der Waals surface area contributed by atoms with Crippen LogP contribution in [-0.2, 0) is 27.2 Å². The fraction of sp³-hybridized carbons (Fsp3) is 0.500. The predicted octanol–water partition coefficient (Wildman–Crippen LogP) is 3.76. The molecule has 0 amide bonds. The number of hydrogen-bond donors (Lipinski definition) is 4. The number of aldehydes is 1. The molecule has 0 fully saturated rings. The van der Waals surface area contributed by atoms with E-state index in [1.54, 1.807) is 24.7 Å². The second-order valence-corrected chi connectivity index (χ2v) is 6.63. The van der Waals surface area contributed by atoms with Gasteiger partial charge in [-0.15, -0.1) is 0 Å². The van der Waals surface area contributed by atoms with Gasteiger partial charge in [0.15, 0.2) is 0 Å². The quantitative estimate of drug-likeness (QED) is 0.358. The summed E-state index contributed by atoms with van der Waals surface area (Å²) < 4.78 is 41.4. The lowest BCUT2D eigenvalue weighted by atomic mass is 10.0. The normalized spacial score (nSPS) is 11.7. The fourth-order valence-corrected chi connectivity index (χ4v) is 2.40. The number of halogens is 3. The highest BCUT2D eigenvalue weighted by Crippen LogP contribution is 2.12. The van der Waals surface area contributed by atoms with E-state index in [4.69, 9.17) is 35.3 Å². The van der Waals surface area contributed by atoms with Gasteiger partial charge in [-0.2, -0.15) is 13.2 Å². The molecule has 2 atom stereocenters. The molecule has 0 spiro atoms. The third-order valence-corrected chi connectivity index (χ3v) is 3.87. The molecule has 196 valence electrons. The van der Waals surface area contributed by atoms with Gasteiger partial charge < -0.3 is 30.5 Å². The molecule has 0 aliphatic heterocycles. The molecule has 0 saturated heterocycles. The molecular formula is C22H35F3N2O7. The highest BCUT2D eigenvalue weighted by atomic mass is 19.4. The van der Waals surface area contributed by atoms with E-state index in [-0.39, 0.29) is 39.5 Å². The maximum atomic E-state index is 10.4. The summed E-state index contributed by atoms with van der Waals surface area (Å²) in [5.41, 5.74) is 10.9. The van der Waals surface area contributed by atoms with Crippen LogP contribution in [0.3, 0.4) is 0 Å². The Bertz CT molecular complexity index is 708. The number of furan rings is 2. The summed E-state index contributed by atoms with van der Waals surface area (Å²) in [7, 11) is 0. The molecule has 0 aliphatic rings. The second-order valence-electron chi connectivity index (χ2n) is 6.63. The largest absolute Gasteiger partial charge is 0.481 e. The van der Waals surface area contributed by atoms with Crippen LogP contribution >= 0.6 is 0 Å². The van der Waals surface area contributed by atoms with Crippen molar-refractivity contribution in [1.82, 2.24) is 0 Å². The Labute approximate surface area is 196 Å². The highest BCUT2D eigenvalue weighted by molar-refractivity contribution is 5.67. The van der Waals surface area contributed by atoms with E-state index in [1.165, 1.54) is 0 Å². The van der Waals surface area contributed by atoms with Gasteiger partial charge in [-0.25, -0.2) is 0 Å². The van der Waals surface area contributed by atoms with Crippen LogP contribution in [-0.4, -0.2) is 47.7 Å². The van der Waals surface area contributed by atoms with Gasteiger partial charge in [-0.3, -0.25) is 14.4 Å². The van der Waals surface area contributed by atoms with Gasteiger partial charge in [0.2, 0.25) is 6.29 Å². The van der Waals surface area contributed by atoms with Crippen LogP contribution in [0.2, 0.25) is 0 Å². The number of carbonyl (C=O) groups excluding carboxylic acids is 1. The molecule has 0 aromatic carbocycles. The Hall–Kier alpha value is -3.12. The Morgan fingerprint density at radius 1 is 0.882 bits per heavy atom. The van der Waals surface area contributed by atoms with E-state index in [0.717, 1.165) is 11.5 Å². The topological polar surface area (TPSA) is 170 Å². The monoisotopic (exact) mass is 496 g/mol. The van der Waals surface area contributed by atoms with Crippen LogP contribution in [0.25, 0.3) is 0 Å². The number of carbonyl (C=O) groups is 3. The van der Waals surface area contributed by atoms with E-state index in [0.29, 0.717) is 25.9 Å². The van der Waals surface area contributed by atoms with E-state index < -0.39 is 24.4 Å². The lowest BCUT2D eigenvalue weighted by Gasteiger charge is -2.09. The van der Waals surface area contributed by atoms with Crippen LogP contribution in [0.15, 0.2) is 45.6 Å². The average Bonchev–Trinajstić information content (AvgIpc) is 3.41. The van der Waals surface area contributed by atoms with Crippen molar-refractivity contribution in [3.05, 3.63) is 48.3 Å². The summed E-state index contributed by atoms with van der Waals surface area (Å²) in [6, 6.07) is 7.21. The second kappa shape index (κ2) is 19.4. The van der Waals surface area contributed by atoms with Gasteiger partial charge in [0.1, 0.15) is 11.5 Å². The first-order valence-electron chi connectivity index (χ1n) is 9.42. The fourth-order valence-electron chi connectivity index (χ4n) is 2.40. The third kappa shape index (κ3) is 19.6. The Morgan fingerprint density at radius 2 is 1.21 bits per heavy atom. The molecule has 2 aromatic heterocycles. The smallest absolute Gasteiger partial charge is 0.446 e. The van der Waals surface area contributed by atoms with Crippen LogP contribution in [0, 0.1) is 11.8 Å². The summed E-state index contributed by atoms with van der Waals surface area (Å²) in [5, 5.41) is 17.1. The maximum absolute atomic E-state index is 10.4. The average molecular weight is 497 g/mol. The predicted molar refractivity (Wildman–Crippen MR) is 120 cm³/mol. The molecule has 6 N–H and O–H groups in total. The van der Waals surface area contributed by atoms with Gasteiger partial charge in [-0.05, 0) is 49.2 Å². The molecule has 0 saturated carbocycles. The first kappa shape index (κ1) is 35.5. The SMILES string of the molecule is C.C.NCC(CC(=O)O)Cc1ccco1.NCC(CC(=O)O)Cc1ccco1.O=CC(F)(F)F. The van der Waals surface area contributed by atoms with Crippen LogP contribution in [0.1, 0.15) is 39.2 Å². The van der Waals surface area contributed by atoms with Gasteiger partial charge >= 0.3 is 18.1 Å². The van der Waals surface area contributed by atoms with Gasteiger partial charge in [0.25, 0.3) is 0 Å². The van der Waals surface area contributed by atoms with Gasteiger partial charge in [0.05, 0.1) is 12.5 Å².